The molecule has 3 aromatic rings. The maximum absolute atomic E-state index is 13.2. The third-order valence-electron chi connectivity index (χ3n) is 6.10. The minimum Gasteiger partial charge on any atom is -0.367 e. The van der Waals surface area contributed by atoms with Crippen LogP contribution in [0, 0.1) is 11.3 Å². The van der Waals surface area contributed by atoms with Crippen LogP contribution in [0.1, 0.15) is 36.8 Å². The first-order chi connectivity index (χ1) is 16.2. The number of alkyl halides is 3. The van der Waals surface area contributed by atoms with Crippen LogP contribution < -0.4 is 5.32 Å². The van der Waals surface area contributed by atoms with E-state index in [1.54, 1.807) is 36.4 Å². The van der Waals surface area contributed by atoms with Crippen molar-refractivity contribution in [2.75, 3.05) is 5.32 Å². The van der Waals surface area contributed by atoms with Gasteiger partial charge in [-0.05, 0) is 67.1 Å². The van der Waals surface area contributed by atoms with Gasteiger partial charge in [0.2, 0.25) is 0 Å². The van der Waals surface area contributed by atoms with Crippen LogP contribution in [0.15, 0.2) is 71.8 Å². The van der Waals surface area contributed by atoms with E-state index in [9.17, 15) is 26.9 Å². The summed E-state index contributed by atoms with van der Waals surface area (Å²) < 4.78 is 64.4. The fourth-order valence-electron chi connectivity index (χ4n) is 4.22. The monoisotopic (exact) mass is 485 g/mol. The molecule has 1 heterocycles. The summed E-state index contributed by atoms with van der Waals surface area (Å²) in [5.74, 6) is 0.340. The van der Waals surface area contributed by atoms with Crippen molar-refractivity contribution in [1.29, 1.82) is 5.26 Å². The summed E-state index contributed by atoms with van der Waals surface area (Å²) in [6, 6.07) is 18.1. The van der Waals surface area contributed by atoms with Crippen LogP contribution in [0.4, 0.5) is 19.0 Å². The van der Waals surface area contributed by atoms with Crippen molar-refractivity contribution in [3.05, 3.63) is 78.0 Å². The number of pyridine rings is 1. The van der Waals surface area contributed by atoms with Crippen molar-refractivity contribution >= 4 is 15.7 Å². The predicted molar refractivity (Wildman–Crippen MR) is 123 cm³/mol. The topological polar surface area (TPSA) is 82.8 Å². The highest BCUT2D eigenvalue weighted by Gasteiger charge is 2.33. The summed E-state index contributed by atoms with van der Waals surface area (Å²) in [5.41, 5.74) is 1.23. The van der Waals surface area contributed by atoms with Gasteiger partial charge in [0.1, 0.15) is 5.82 Å². The number of halogens is 3. The van der Waals surface area contributed by atoms with E-state index in [0.717, 1.165) is 23.4 Å². The number of nitrogens with zero attached hydrogens (tertiary/aromatic N) is 2. The SMILES string of the molecule is N#Cc1ccccc1-c1ccc(S(=O)(=O)C2CCC(Nc3ccc(C(F)(F)F)cn3)CC2)cc1. The van der Waals surface area contributed by atoms with E-state index in [1.807, 2.05) is 12.1 Å². The number of anilines is 1. The fourth-order valence-corrected chi connectivity index (χ4v) is 6.02. The summed E-state index contributed by atoms with van der Waals surface area (Å²) in [6.07, 6.45) is -1.62. The van der Waals surface area contributed by atoms with Crippen molar-refractivity contribution in [2.45, 2.75) is 48.0 Å². The number of sulfone groups is 1. The Labute approximate surface area is 196 Å². The van der Waals surface area contributed by atoms with Crippen molar-refractivity contribution in [1.82, 2.24) is 4.98 Å². The van der Waals surface area contributed by atoms with Gasteiger partial charge in [0, 0.05) is 12.2 Å². The lowest BCUT2D eigenvalue weighted by Crippen LogP contribution is -2.33. The Morgan fingerprint density at radius 2 is 1.62 bits per heavy atom. The first-order valence-corrected chi connectivity index (χ1v) is 12.4. The summed E-state index contributed by atoms with van der Waals surface area (Å²) in [7, 11) is -3.53. The van der Waals surface area contributed by atoms with E-state index in [1.165, 1.54) is 6.07 Å². The van der Waals surface area contributed by atoms with E-state index in [0.29, 0.717) is 37.1 Å². The van der Waals surface area contributed by atoms with Gasteiger partial charge in [0.25, 0.3) is 0 Å². The third kappa shape index (κ3) is 5.07. The number of benzene rings is 2. The maximum Gasteiger partial charge on any atom is 0.417 e. The van der Waals surface area contributed by atoms with E-state index in [2.05, 4.69) is 16.4 Å². The second-order valence-corrected chi connectivity index (χ2v) is 10.5. The second kappa shape index (κ2) is 9.47. The highest BCUT2D eigenvalue weighted by atomic mass is 32.2. The van der Waals surface area contributed by atoms with Gasteiger partial charge < -0.3 is 5.32 Å². The number of nitriles is 1. The Morgan fingerprint density at radius 1 is 0.941 bits per heavy atom. The largest absolute Gasteiger partial charge is 0.417 e. The highest BCUT2D eigenvalue weighted by Crippen LogP contribution is 2.33. The van der Waals surface area contributed by atoms with Gasteiger partial charge in [0.05, 0.1) is 27.3 Å². The zero-order valence-corrected chi connectivity index (χ0v) is 18.9. The zero-order valence-electron chi connectivity index (χ0n) is 18.1. The molecule has 0 aliphatic heterocycles. The summed E-state index contributed by atoms with van der Waals surface area (Å²) >= 11 is 0. The molecule has 9 heteroatoms. The zero-order chi connectivity index (χ0) is 24.3. The molecule has 5 nitrogen and oxygen atoms in total. The number of nitrogens with one attached hydrogen (secondary N) is 1. The van der Waals surface area contributed by atoms with Crippen LogP contribution in [-0.4, -0.2) is 24.7 Å². The molecule has 2 aromatic carbocycles. The van der Waals surface area contributed by atoms with Gasteiger partial charge in [-0.1, -0.05) is 30.3 Å². The molecule has 0 atom stereocenters. The first-order valence-electron chi connectivity index (χ1n) is 10.8. The molecule has 34 heavy (non-hydrogen) atoms. The molecule has 1 N–H and O–H groups in total. The van der Waals surface area contributed by atoms with Crippen LogP contribution in [0.5, 0.6) is 0 Å². The van der Waals surface area contributed by atoms with Gasteiger partial charge in [-0.2, -0.15) is 18.4 Å². The lowest BCUT2D eigenvalue weighted by atomic mass is 9.95. The molecule has 1 fully saturated rings. The molecule has 1 aliphatic rings. The van der Waals surface area contributed by atoms with E-state index in [-0.39, 0.29) is 10.9 Å². The second-order valence-electron chi connectivity index (χ2n) is 8.27. The molecule has 0 unspecified atom stereocenters. The molecule has 0 amide bonds. The summed E-state index contributed by atoms with van der Waals surface area (Å²) in [5, 5.41) is 11.9. The molecular formula is C25H22F3N3O2S. The van der Waals surface area contributed by atoms with Gasteiger partial charge >= 0.3 is 6.18 Å². The Hall–Kier alpha value is -3.38. The molecule has 0 radical (unpaired) electrons. The molecular weight excluding hydrogens is 463 g/mol. The fraction of sp³-hybridized carbons (Fsp3) is 0.280. The van der Waals surface area contributed by atoms with Crippen LogP contribution in [-0.2, 0) is 16.0 Å². The number of hydrogen-bond acceptors (Lipinski definition) is 5. The van der Waals surface area contributed by atoms with Crippen LogP contribution in [0.25, 0.3) is 11.1 Å². The molecule has 0 bridgehead atoms. The average molecular weight is 486 g/mol. The van der Waals surface area contributed by atoms with E-state index in [4.69, 9.17) is 0 Å². The van der Waals surface area contributed by atoms with E-state index >= 15 is 0 Å². The summed E-state index contributed by atoms with van der Waals surface area (Å²) in [6.45, 7) is 0. The lowest BCUT2D eigenvalue weighted by molar-refractivity contribution is -0.137. The highest BCUT2D eigenvalue weighted by molar-refractivity contribution is 7.92. The maximum atomic E-state index is 13.2. The van der Waals surface area contributed by atoms with Gasteiger partial charge in [-0.3, -0.25) is 0 Å². The molecule has 4 rings (SSSR count). The smallest absolute Gasteiger partial charge is 0.367 e. The standard InChI is InChI=1S/C25H22F3N3O2S/c26-25(27,28)19-7-14-24(30-16-19)31-20-8-12-22(13-9-20)34(32,33)21-10-5-17(6-11-21)23-4-2-1-3-18(23)15-29/h1-7,10-11,14,16,20,22H,8-9,12-13H2,(H,30,31). The normalized spacial score (nSPS) is 18.8. The van der Waals surface area contributed by atoms with Crippen LogP contribution >= 0.6 is 0 Å². The summed E-state index contributed by atoms with van der Waals surface area (Å²) in [4.78, 5) is 4.07. The number of aromatic nitrogens is 1. The van der Waals surface area contributed by atoms with Crippen molar-refractivity contribution in [2.24, 2.45) is 0 Å². The molecule has 0 spiro atoms. The predicted octanol–water partition coefficient (Wildman–Crippen LogP) is 5.84. The molecule has 1 aromatic heterocycles. The van der Waals surface area contributed by atoms with Crippen molar-refractivity contribution in [3.63, 3.8) is 0 Å². The number of hydrogen-bond donors (Lipinski definition) is 1. The van der Waals surface area contributed by atoms with Gasteiger partial charge in [-0.25, -0.2) is 13.4 Å². The Balaban J connectivity index is 1.39. The molecule has 1 saturated carbocycles. The van der Waals surface area contributed by atoms with Crippen molar-refractivity contribution in [3.8, 4) is 17.2 Å². The van der Waals surface area contributed by atoms with Gasteiger partial charge in [0.15, 0.2) is 9.84 Å². The third-order valence-corrected chi connectivity index (χ3v) is 8.38. The quantitative estimate of drug-likeness (QED) is 0.491. The Morgan fingerprint density at radius 3 is 2.21 bits per heavy atom. The Bertz CT molecular complexity index is 1290. The van der Waals surface area contributed by atoms with Gasteiger partial charge in [-0.15, -0.1) is 0 Å². The molecule has 176 valence electrons. The lowest BCUT2D eigenvalue weighted by Gasteiger charge is -2.29. The van der Waals surface area contributed by atoms with Crippen LogP contribution in [0.3, 0.4) is 0 Å². The molecule has 1 aliphatic carbocycles. The first kappa shape index (κ1) is 23.8. The van der Waals surface area contributed by atoms with Crippen LogP contribution in [0.2, 0.25) is 0 Å². The number of rotatable bonds is 5. The minimum atomic E-state index is -4.44. The van der Waals surface area contributed by atoms with Crippen molar-refractivity contribution < 1.29 is 21.6 Å². The molecule has 0 saturated heterocycles. The minimum absolute atomic E-state index is 0.0550. The Kier molecular flexibility index (Phi) is 6.62. The van der Waals surface area contributed by atoms with E-state index < -0.39 is 26.8 Å². The average Bonchev–Trinajstić information content (AvgIpc) is 2.84.